The summed E-state index contributed by atoms with van der Waals surface area (Å²) in [5, 5.41) is 11.9. The molecule has 132 valence electrons. The zero-order valence-electron chi connectivity index (χ0n) is 13.2. The third-order valence-electron chi connectivity index (χ3n) is 3.08. The molecule has 25 heavy (non-hydrogen) atoms. The van der Waals surface area contributed by atoms with Gasteiger partial charge in [0.15, 0.2) is 6.61 Å². The quantitative estimate of drug-likeness (QED) is 0.781. The topological polar surface area (TPSA) is 84.9 Å². The molecular formula is C17H15F2NO5. The largest absolute Gasteiger partial charge is 0.507 e. The maximum atomic E-state index is 12.3. The lowest BCUT2D eigenvalue weighted by Gasteiger charge is -2.12. The number of nitrogens with one attached hydrogen (secondary N) is 1. The molecule has 0 radical (unpaired) electrons. The Labute approximate surface area is 142 Å². The van der Waals surface area contributed by atoms with Crippen molar-refractivity contribution >= 4 is 17.6 Å². The van der Waals surface area contributed by atoms with Crippen molar-refractivity contribution in [2.24, 2.45) is 0 Å². The van der Waals surface area contributed by atoms with Crippen molar-refractivity contribution < 1.29 is 33.0 Å². The predicted octanol–water partition coefficient (Wildman–Crippen LogP) is 3.10. The highest BCUT2D eigenvalue weighted by molar-refractivity contribution is 5.97. The van der Waals surface area contributed by atoms with Crippen LogP contribution in [0.2, 0.25) is 0 Å². The molecule has 0 bridgehead atoms. The van der Waals surface area contributed by atoms with Crippen molar-refractivity contribution in [3.8, 4) is 11.5 Å². The van der Waals surface area contributed by atoms with Crippen LogP contribution in [0, 0.1) is 6.92 Å². The van der Waals surface area contributed by atoms with E-state index >= 15 is 0 Å². The molecule has 0 unspecified atom stereocenters. The Morgan fingerprint density at radius 3 is 2.64 bits per heavy atom. The van der Waals surface area contributed by atoms with Gasteiger partial charge in [0.1, 0.15) is 17.1 Å². The van der Waals surface area contributed by atoms with Crippen LogP contribution >= 0.6 is 0 Å². The fourth-order valence-electron chi connectivity index (χ4n) is 1.98. The van der Waals surface area contributed by atoms with Gasteiger partial charge in [-0.2, -0.15) is 8.78 Å². The maximum Gasteiger partial charge on any atom is 0.387 e. The van der Waals surface area contributed by atoms with Gasteiger partial charge in [-0.1, -0.05) is 23.8 Å². The first-order chi connectivity index (χ1) is 11.9. The van der Waals surface area contributed by atoms with Gasteiger partial charge in [0.05, 0.1) is 5.69 Å². The number of ether oxygens (including phenoxy) is 2. The Balaban J connectivity index is 1.97. The number of rotatable bonds is 6. The van der Waals surface area contributed by atoms with E-state index in [-0.39, 0.29) is 22.7 Å². The van der Waals surface area contributed by atoms with E-state index in [9.17, 15) is 23.5 Å². The summed E-state index contributed by atoms with van der Waals surface area (Å²) >= 11 is 0. The van der Waals surface area contributed by atoms with Gasteiger partial charge in [-0.3, -0.25) is 4.79 Å². The number of alkyl halides is 2. The molecule has 0 spiro atoms. The van der Waals surface area contributed by atoms with E-state index in [0.717, 1.165) is 5.56 Å². The number of carbonyl (C=O) groups is 2. The molecule has 0 aliphatic heterocycles. The molecule has 2 aromatic rings. The number of benzene rings is 2. The summed E-state index contributed by atoms with van der Waals surface area (Å²) in [6.07, 6.45) is 0. The number of esters is 1. The van der Waals surface area contributed by atoms with Gasteiger partial charge < -0.3 is 19.9 Å². The second-order valence-electron chi connectivity index (χ2n) is 5.02. The van der Waals surface area contributed by atoms with Crippen LogP contribution in [0.15, 0.2) is 42.5 Å². The summed E-state index contributed by atoms with van der Waals surface area (Å²) in [4.78, 5) is 23.7. The highest BCUT2D eigenvalue weighted by atomic mass is 19.3. The van der Waals surface area contributed by atoms with E-state index in [4.69, 9.17) is 4.74 Å². The molecule has 0 atom stereocenters. The monoisotopic (exact) mass is 351 g/mol. The third kappa shape index (κ3) is 5.17. The van der Waals surface area contributed by atoms with Crippen LogP contribution in [0.3, 0.4) is 0 Å². The first-order valence-corrected chi connectivity index (χ1v) is 7.17. The molecule has 0 aliphatic carbocycles. The smallest absolute Gasteiger partial charge is 0.387 e. The number of carbonyl (C=O) groups excluding carboxylic acids is 2. The molecule has 8 heteroatoms. The van der Waals surface area contributed by atoms with Gasteiger partial charge in [-0.25, -0.2) is 4.79 Å². The van der Waals surface area contributed by atoms with Crippen LogP contribution in [0.25, 0.3) is 0 Å². The van der Waals surface area contributed by atoms with Crippen molar-refractivity contribution in [3.63, 3.8) is 0 Å². The van der Waals surface area contributed by atoms with Crippen LogP contribution in [-0.2, 0) is 9.53 Å². The average Bonchev–Trinajstić information content (AvgIpc) is 2.56. The van der Waals surface area contributed by atoms with E-state index in [0.29, 0.717) is 0 Å². The van der Waals surface area contributed by atoms with E-state index < -0.39 is 25.1 Å². The van der Waals surface area contributed by atoms with Crippen molar-refractivity contribution in [2.75, 3.05) is 11.9 Å². The second-order valence-corrected chi connectivity index (χ2v) is 5.02. The molecule has 0 aromatic heterocycles. The summed E-state index contributed by atoms with van der Waals surface area (Å²) in [5.41, 5.74) is 0.670. The lowest BCUT2D eigenvalue weighted by Crippen LogP contribution is -2.21. The Kier molecular flexibility index (Phi) is 5.89. The molecule has 2 N–H and O–H groups in total. The number of hydrogen-bond donors (Lipinski definition) is 2. The molecule has 0 aliphatic rings. The summed E-state index contributed by atoms with van der Waals surface area (Å²) in [6.45, 7) is -1.97. The molecule has 1 amide bonds. The van der Waals surface area contributed by atoms with E-state index in [1.165, 1.54) is 36.4 Å². The Morgan fingerprint density at radius 2 is 1.92 bits per heavy atom. The van der Waals surface area contributed by atoms with Crippen molar-refractivity contribution in [1.82, 2.24) is 0 Å². The number of para-hydroxylation sites is 2. The predicted molar refractivity (Wildman–Crippen MR) is 84.8 cm³/mol. The maximum absolute atomic E-state index is 12.3. The molecule has 6 nitrogen and oxygen atoms in total. The van der Waals surface area contributed by atoms with Gasteiger partial charge in [0.2, 0.25) is 0 Å². The van der Waals surface area contributed by atoms with Crippen molar-refractivity contribution in [2.45, 2.75) is 13.5 Å². The molecule has 0 saturated heterocycles. The Bertz CT molecular complexity index is 779. The fourth-order valence-corrected chi connectivity index (χ4v) is 1.98. The summed E-state index contributed by atoms with van der Waals surface area (Å²) in [5.74, 6) is -2.11. The van der Waals surface area contributed by atoms with Gasteiger partial charge in [-0.15, -0.1) is 0 Å². The highest BCUT2D eigenvalue weighted by Gasteiger charge is 2.16. The van der Waals surface area contributed by atoms with Crippen LogP contribution in [0.1, 0.15) is 15.9 Å². The normalized spacial score (nSPS) is 10.4. The van der Waals surface area contributed by atoms with Crippen LogP contribution < -0.4 is 10.1 Å². The lowest BCUT2D eigenvalue weighted by atomic mass is 10.1. The average molecular weight is 351 g/mol. The van der Waals surface area contributed by atoms with Crippen LogP contribution in [0.4, 0.5) is 14.5 Å². The minimum absolute atomic E-state index is 0.0160. The Hall–Kier alpha value is -3.16. The number of anilines is 1. The Morgan fingerprint density at radius 1 is 1.20 bits per heavy atom. The van der Waals surface area contributed by atoms with Gasteiger partial charge in [-0.05, 0) is 31.2 Å². The minimum Gasteiger partial charge on any atom is -0.507 e. The SMILES string of the molecule is Cc1ccc(O)c(C(=O)OCC(=O)Nc2ccccc2OC(F)F)c1. The zero-order chi connectivity index (χ0) is 18.4. The number of phenols is 1. The number of aryl methyl sites for hydroxylation is 1. The van der Waals surface area contributed by atoms with Gasteiger partial charge in [0.25, 0.3) is 5.91 Å². The molecule has 0 heterocycles. The molecule has 0 saturated carbocycles. The van der Waals surface area contributed by atoms with E-state index in [1.807, 2.05) is 0 Å². The first-order valence-electron chi connectivity index (χ1n) is 7.17. The third-order valence-corrected chi connectivity index (χ3v) is 3.08. The van der Waals surface area contributed by atoms with Gasteiger partial charge in [0, 0.05) is 0 Å². The van der Waals surface area contributed by atoms with Crippen LogP contribution in [-0.4, -0.2) is 30.2 Å². The molecular weight excluding hydrogens is 336 g/mol. The lowest BCUT2D eigenvalue weighted by molar-refractivity contribution is -0.119. The molecule has 2 rings (SSSR count). The molecule has 2 aromatic carbocycles. The number of phenolic OH excluding ortho intramolecular Hbond substituents is 1. The summed E-state index contributed by atoms with van der Waals surface area (Å²) in [6, 6.07) is 9.98. The van der Waals surface area contributed by atoms with Crippen LogP contribution in [0.5, 0.6) is 11.5 Å². The number of aromatic hydroxyl groups is 1. The zero-order valence-corrected chi connectivity index (χ0v) is 13.2. The number of hydrogen-bond acceptors (Lipinski definition) is 5. The standard InChI is InChI=1S/C17H15F2NO5/c1-10-6-7-13(21)11(8-10)16(23)24-9-15(22)20-12-4-2-3-5-14(12)25-17(18)19/h2-8,17,21H,9H2,1H3,(H,20,22). The minimum atomic E-state index is -3.04. The fraction of sp³-hybridized carbons (Fsp3) is 0.176. The highest BCUT2D eigenvalue weighted by Crippen LogP contribution is 2.25. The first kappa shape index (κ1) is 18.2. The number of halogens is 2. The number of amides is 1. The van der Waals surface area contributed by atoms with E-state index in [1.54, 1.807) is 13.0 Å². The van der Waals surface area contributed by atoms with Crippen molar-refractivity contribution in [3.05, 3.63) is 53.6 Å². The summed E-state index contributed by atoms with van der Waals surface area (Å²) < 4.78 is 33.7. The second kappa shape index (κ2) is 8.09. The van der Waals surface area contributed by atoms with Gasteiger partial charge >= 0.3 is 12.6 Å². The molecule has 0 fully saturated rings. The van der Waals surface area contributed by atoms with Crippen molar-refractivity contribution in [1.29, 1.82) is 0 Å². The summed E-state index contributed by atoms with van der Waals surface area (Å²) in [7, 11) is 0. The van der Waals surface area contributed by atoms with E-state index in [2.05, 4.69) is 10.1 Å².